The highest BCUT2D eigenvalue weighted by atomic mass is 15.1. The molecule has 0 aliphatic rings. The van der Waals surface area contributed by atoms with Crippen molar-refractivity contribution in [3.8, 4) is 0 Å². The molecule has 0 bridgehead atoms. The monoisotopic (exact) mass is 256 g/mol. The van der Waals surface area contributed by atoms with Crippen LogP contribution in [0.5, 0.6) is 0 Å². The molecule has 0 fully saturated rings. The Kier molecular flexibility index (Phi) is 3.69. The van der Waals surface area contributed by atoms with Gasteiger partial charge in [0.25, 0.3) is 0 Å². The second-order valence-electron chi connectivity index (χ2n) is 4.85. The molecular weight excluding hydrogens is 236 g/mol. The number of nitrogens with two attached hydrogens (primary N) is 1. The van der Waals surface area contributed by atoms with E-state index in [4.69, 9.17) is 5.73 Å². The highest BCUT2D eigenvalue weighted by molar-refractivity contribution is 5.64. The van der Waals surface area contributed by atoms with Gasteiger partial charge in [-0.25, -0.2) is 9.97 Å². The third kappa shape index (κ3) is 3.02. The van der Waals surface area contributed by atoms with Crippen molar-refractivity contribution in [2.75, 3.05) is 11.1 Å². The lowest BCUT2D eigenvalue weighted by Gasteiger charge is -2.12. The minimum absolute atomic E-state index is 0.540. The Hall–Kier alpha value is -2.10. The van der Waals surface area contributed by atoms with E-state index in [2.05, 4.69) is 47.3 Å². The highest BCUT2D eigenvalue weighted by Gasteiger charge is 2.08. The van der Waals surface area contributed by atoms with Crippen molar-refractivity contribution >= 4 is 17.3 Å². The van der Waals surface area contributed by atoms with Crippen LogP contribution in [0.1, 0.15) is 29.4 Å². The molecule has 1 aromatic carbocycles. The van der Waals surface area contributed by atoms with Gasteiger partial charge in [-0.3, -0.25) is 0 Å². The lowest BCUT2D eigenvalue weighted by atomic mass is 10.1. The van der Waals surface area contributed by atoms with Gasteiger partial charge in [0.2, 0.25) is 0 Å². The zero-order chi connectivity index (χ0) is 14.0. The van der Waals surface area contributed by atoms with E-state index in [1.54, 1.807) is 0 Å². The maximum absolute atomic E-state index is 5.92. The molecule has 19 heavy (non-hydrogen) atoms. The van der Waals surface area contributed by atoms with Crippen LogP contribution < -0.4 is 11.1 Å². The van der Waals surface area contributed by atoms with Gasteiger partial charge in [0.05, 0.1) is 0 Å². The molecular formula is C15H20N4. The Morgan fingerprint density at radius 2 is 1.68 bits per heavy atom. The first-order valence-electron chi connectivity index (χ1n) is 6.48. The highest BCUT2D eigenvalue weighted by Crippen LogP contribution is 2.23. The number of anilines is 3. The summed E-state index contributed by atoms with van der Waals surface area (Å²) in [5.41, 5.74) is 10.3. The molecule has 1 aromatic heterocycles. The van der Waals surface area contributed by atoms with Gasteiger partial charge in [-0.15, -0.1) is 0 Å². The van der Waals surface area contributed by atoms with Gasteiger partial charge >= 0.3 is 0 Å². The van der Waals surface area contributed by atoms with E-state index in [-0.39, 0.29) is 0 Å². The average Bonchev–Trinajstić information content (AvgIpc) is 2.33. The van der Waals surface area contributed by atoms with E-state index in [9.17, 15) is 0 Å². The Balaban J connectivity index is 2.39. The zero-order valence-corrected chi connectivity index (χ0v) is 11.9. The van der Waals surface area contributed by atoms with Crippen LogP contribution in [-0.2, 0) is 6.42 Å². The molecule has 0 aliphatic heterocycles. The molecule has 0 aliphatic carbocycles. The molecule has 0 saturated heterocycles. The van der Waals surface area contributed by atoms with Crippen LogP contribution in [0, 0.1) is 20.8 Å². The van der Waals surface area contributed by atoms with Crippen molar-refractivity contribution in [1.82, 2.24) is 9.97 Å². The van der Waals surface area contributed by atoms with E-state index in [0.29, 0.717) is 5.82 Å². The van der Waals surface area contributed by atoms with Crippen molar-refractivity contribution in [3.63, 3.8) is 0 Å². The van der Waals surface area contributed by atoms with E-state index in [1.165, 1.54) is 11.1 Å². The molecule has 0 unspecified atom stereocenters. The molecule has 0 radical (unpaired) electrons. The molecule has 0 atom stereocenters. The van der Waals surface area contributed by atoms with Gasteiger partial charge in [0.1, 0.15) is 17.5 Å². The summed E-state index contributed by atoms with van der Waals surface area (Å²) in [6.45, 7) is 8.11. The van der Waals surface area contributed by atoms with E-state index >= 15 is 0 Å². The largest absolute Gasteiger partial charge is 0.383 e. The molecule has 1 heterocycles. The molecule has 0 amide bonds. The molecule has 2 rings (SSSR count). The van der Waals surface area contributed by atoms with Crippen LogP contribution in [0.3, 0.4) is 0 Å². The van der Waals surface area contributed by atoms with Crippen LogP contribution in [0.25, 0.3) is 0 Å². The summed E-state index contributed by atoms with van der Waals surface area (Å²) < 4.78 is 0. The predicted molar refractivity (Wildman–Crippen MR) is 79.8 cm³/mol. The number of benzene rings is 1. The summed E-state index contributed by atoms with van der Waals surface area (Å²) in [7, 11) is 0. The molecule has 0 spiro atoms. The van der Waals surface area contributed by atoms with Gasteiger partial charge in [-0.1, -0.05) is 13.0 Å². The van der Waals surface area contributed by atoms with E-state index in [0.717, 1.165) is 29.3 Å². The van der Waals surface area contributed by atoms with E-state index < -0.39 is 0 Å². The first kappa shape index (κ1) is 13.3. The molecule has 2 aromatic rings. The molecule has 100 valence electrons. The van der Waals surface area contributed by atoms with Gasteiger partial charge in [0, 0.05) is 17.7 Å². The summed E-state index contributed by atoms with van der Waals surface area (Å²) in [6, 6.07) is 6.33. The number of hydrogen-bond donors (Lipinski definition) is 2. The van der Waals surface area contributed by atoms with Crippen molar-refractivity contribution < 1.29 is 0 Å². The van der Waals surface area contributed by atoms with Crippen LogP contribution >= 0.6 is 0 Å². The predicted octanol–water partition coefficient (Wildman–Crippen LogP) is 3.29. The third-order valence-corrected chi connectivity index (χ3v) is 3.03. The standard InChI is InChI=1S/C15H20N4/c1-5-13-18-14(16)11(4)15(19-13)17-12-7-9(2)6-10(3)8-12/h6-8H,5H2,1-4H3,(H3,16,17,18,19). The summed E-state index contributed by atoms with van der Waals surface area (Å²) in [5, 5.41) is 3.34. The number of hydrogen-bond acceptors (Lipinski definition) is 4. The SMILES string of the molecule is CCc1nc(N)c(C)c(Nc2cc(C)cc(C)c2)n1. The second-order valence-corrected chi connectivity index (χ2v) is 4.85. The Morgan fingerprint density at radius 3 is 2.26 bits per heavy atom. The molecule has 4 nitrogen and oxygen atoms in total. The smallest absolute Gasteiger partial charge is 0.139 e. The summed E-state index contributed by atoms with van der Waals surface area (Å²) in [6.07, 6.45) is 0.770. The Morgan fingerprint density at radius 1 is 1.05 bits per heavy atom. The van der Waals surface area contributed by atoms with Crippen molar-refractivity contribution in [1.29, 1.82) is 0 Å². The van der Waals surface area contributed by atoms with Crippen LogP contribution in [0.2, 0.25) is 0 Å². The maximum Gasteiger partial charge on any atom is 0.139 e. The number of nitrogen functional groups attached to an aromatic ring is 1. The van der Waals surface area contributed by atoms with Crippen molar-refractivity contribution in [3.05, 3.63) is 40.7 Å². The number of aryl methyl sites for hydroxylation is 3. The first-order valence-corrected chi connectivity index (χ1v) is 6.48. The summed E-state index contributed by atoms with van der Waals surface area (Å²) >= 11 is 0. The Bertz CT molecular complexity index is 585. The van der Waals surface area contributed by atoms with Crippen LogP contribution in [0.15, 0.2) is 18.2 Å². The number of nitrogens with one attached hydrogen (secondary N) is 1. The topological polar surface area (TPSA) is 63.8 Å². The fourth-order valence-electron chi connectivity index (χ4n) is 2.05. The van der Waals surface area contributed by atoms with Gasteiger partial charge in [-0.05, 0) is 44.0 Å². The average molecular weight is 256 g/mol. The van der Waals surface area contributed by atoms with Gasteiger partial charge < -0.3 is 11.1 Å². The molecule has 0 saturated carbocycles. The Labute approximate surface area is 114 Å². The van der Waals surface area contributed by atoms with Crippen molar-refractivity contribution in [2.24, 2.45) is 0 Å². The lowest BCUT2D eigenvalue weighted by Crippen LogP contribution is -2.06. The summed E-state index contributed by atoms with van der Waals surface area (Å²) in [4.78, 5) is 8.76. The minimum atomic E-state index is 0.540. The number of aromatic nitrogens is 2. The third-order valence-electron chi connectivity index (χ3n) is 3.03. The van der Waals surface area contributed by atoms with Crippen molar-refractivity contribution in [2.45, 2.75) is 34.1 Å². The zero-order valence-electron chi connectivity index (χ0n) is 11.9. The number of rotatable bonds is 3. The number of nitrogens with zero attached hydrogens (tertiary/aromatic N) is 2. The van der Waals surface area contributed by atoms with Crippen LogP contribution in [-0.4, -0.2) is 9.97 Å². The fraction of sp³-hybridized carbons (Fsp3) is 0.333. The minimum Gasteiger partial charge on any atom is -0.383 e. The normalized spacial score (nSPS) is 10.5. The van der Waals surface area contributed by atoms with Gasteiger partial charge in [-0.2, -0.15) is 0 Å². The quantitative estimate of drug-likeness (QED) is 0.884. The fourth-order valence-corrected chi connectivity index (χ4v) is 2.05. The maximum atomic E-state index is 5.92. The lowest BCUT2D eigenvalue weighted by molar-refractivity contribution is 0.940. The molecule has 3 N–H and O–H groups in total. The first-order chi connectivity index (χ1) is 8.99. The molecule has 4 heteroatoms. The van der Waals surface area contributed by atoms with E-state index in [1.807, 2.05) is 13.8 Å². The second kappa shape index (κ2) is 5.26. The van der Waals surface area contributed by atoms with Crippen LogP contribution in [0.4, 0.5) is 17.3 Å². The summed E-state index contributed by atoms with van der Waals surface area (Å²) in [5.74, 6) is 2.09. The van der Waals surface area contributed by atoms with Gasteiger partial charge in [0.15, 0.2) is 0 Å².